The second-order valence-corrected chi connectivity index (χ2v) is 5.10. The van der Waals surface area contributed by atoms with E-state index in [0.717, 1.165) is 13.1 Å². The zero-order valence-electron chi connectivity index (χ0n) is 11.6. The number of aliphatic hydroxyl groups excluding tert-OH is 1. The molecule has 0 atom stereocenters. The van der Waals surface area contributed by atoms with Gasteiger partial charge in [0.15, 0.2) is 0 Å². The van der Waals surface area contributed by atoms with Crippen LogP contribution in [0.15, 0.2) is 24.5 Å². The third-order valence-corrected chi connectivity index (χ3v) is 3.71. The van der Waals surface area contributed by atoms with Crippen molar-refractivity contribution in [1.82, 2.24) is 19.2 Å². The van der Waals surface area contributed by atoms with Crippen LogP contribution in [0.3, 0.4) is 0 Å². The van der Waals surface area contributed by atoms with E-state index in [9.17, 15) is 9.18 Å². The fourth-order valence-corrected chi connectivity index (χ4v) is 2.55. The van der Waals surface area contributed by atoms with Crippen LogP contribution < -0.4 is 0 Å². The van der Waals surface area contributed by atoms with Crippen molar-refractivity contribution in [1.29, 1.82) is 0 Å². The van der Waals surface area contributed by atoms with E-state index in [1.165, 1.54) is 16.7 Å². The molecule has 1 aliphatic rings. The minimum atomic E-state index is -0.364. The van der Waals surface area contributed by atoms with Crippen LogP contribution in [0.25, 0.3) is 5.65 Å². The van der Waals surface area contributed by atoms with Gasteiger partial charge in [-0.3, -0.25) is 9.69 Å². The van der Waals surface area contributed by atoms with Crippen molar-refractivity contribution >= 4 is 11.6 Å². The van der Waals surface area contributed by atoms with Gasteiger partial charge in [-0.25, -0.2) is 9.37 Å². The van der Waals surface area contributed by atoms with Crippen molar-refractivity contribution in [2.24, 2.45) is 0 Å². The van der Waals surface area contributed by atoms with Crippen molar-refractivity contribution in [3.8, 4) is 0 Å². The lowest BCUT2D eigenvalue weighted by Gasteiger charge is -2.33. The largest absolute Gasteiger partial charge is 0.395 e. The van der Waals surface area contributed by atoms with Gasteiger partial charge in [0.2, 0.25) is 0 Å². The van der Waals surface area contributed by atoms with E-state index in [-0.39, 0.29) is 18.3 Å². The molecule has 0 aromatic carbocycles. The summed E-state index contributed by atoms with van der Waals surface area (Å²) in [5.41, 5.74) is 0.884. The van der Waals surface area contributed by atoms with Gasteiger partial charge < -0.3 is 14.4 Å². The molecule has 0 aliphatic carbocycles. The van der Waals surface area contributed by atoms with Gasteiger partial charge in [-0.2, -0.15) is 0 Å². The first-order chi connectivity index (χ1) is 10.2. The van der Waals surface area contributed by atoms with Gasteiger partial charge in [-0.15, -0.1) is 0 Å². The summed E-state index contributed by atoms with van der Waals surface area (Å²) in [6.45, 7) is 3.48. The van der Waals surface area contributed by atoms with E-state index < -0.39 is 0 Å². The number of imidazole rings is 1. The molecule has 1 N–H and O–H groups in total. The molecular formula is C14H17FN4O2. The first kappa shape index (κ1) is 14.0. The lowest BCUT2D eigenvalue weighted by molar-refractivity contribution is 0.0610. The number of piperazine rings is 1. The molecule has 2 aromatic rings. The Hall–Kier alpha value is -1.99. The highest BCUT2D eigenvalue weighted by atomic mass is 19.1. The van der Waals surface area contributed by atoms with Gasteiger partial charge in [-0.1, -0.05) is 0 Å². The summed E-state index contributed by atoms with van der Waals surface area (Å²) >= 11 is 0. The Labute approximate surface area is 121 Å². The summed E-state index contributed by atoms with van der Waals surface area (Å²) in [5.74, 6) is -0.501. The van der Waals surface area contributed by atoms with E-state index in [4.69, 9.17) is 5.11 Å². The molecule has 0 spiro atoms. The molecule has 21 heavy (non-hydrogen) atoms. The van der Waals surface area contributed by atoms with E-state index >= 15 is 0 Å². The summed E-state index contributed by atoms with van der Waals surface area (Å²) < 4.78 is 14.7. The number of carbonyl (C=O) groups excluding carboxylic acids is 1. The van der Waals surface area contributed by atoms with Crippen LogP contribution in [0.5, 0.6) is 0 Å². The number of amides is 1. The zero-order chi connectivity index (χ0) is 14.8. The molecule has 0 saturated carbocycles. The molecule has 1 fully saturated rings. The fraction of sp³-hybridized carbons (Fsp3) is 0.429. The van der Waals surface area contributed by atoms with Crippen LogP contribution in [-0.2, 0) is 0 Å². The number of hydrogen-bond acceptors (Lipinski definition) is 4. The average Bonchev–Trinajstić information content (AvgIpc) is 2.90. The molecule has 1 saturated heterocycles. The van der Waals surface area contributed by atoms with Crippen molar-refractivity contribution in [3.63, 3.8) is 0 Å². The molecular weight excluding hydrogens is 275 g/mol. The third kappa shape index (κ3) is 2.88. The van der Waals surface area contributed by atoms with E-state index in [0.29, 0.717) is 31.0 Å². The molecule has 0 unspecified atom stereocenters. The Morgan fingerprint density at radius 2 is 2.00 bits per heavy atom. The highest BCUT2D eigenvalue weighted by molar-refractivity contribution is 5.93. The van der Waals surface area contributed by atoms with Crippen molar-refractivity contribution in [3.05, 3.63) is 36.0 Å². The van der Waals surface area contributed by atoms with Gasteiger partial charge >= 0.3 is 0 Å². The number of fused-ring (bicyclic) bond motifs is 1. The van der Waals surface area contributed by atoms with Gasteiger partial charge in [0.1, 0.15) is 17.2 Å². The predicted octanol–water partition coefficient (Wildman–Crippen LogP) is 0.224. The molecule has 6 nitrogen and oxygen atoms in total. The zero-order valence-corrected chi connectivity index (χ0v) is 11.6. The van der Waals surface area contributed by atoms with Crippen LogP contribution in [0.1, 0.15) is 10.5 Å². The summed E-state index contributed by atoms with van der Waals surface area (Å²) in [4.78, 5) is 20.5. The number of aromatic nitrogens is 2. The summed E-state index contributed by atoms with van der Waals surface area (Å²) in [6.07, 6.45) is 2.86. The fourth-order valence-electron chi connectivity index (χ4n) is 2.55. The van der Waals surface area contributed by atoms with Gasteiger partial charge in [-0.05, 0) is 12.1 Å². The molecule has 1 aliphatic heterocycles. The van der Waals surface area contributed by atoms with E-state index in [1.807, 2.05) is 0 Å². The van der Waals surface area contributed by atoms with Crippen LogP contribution >= 0.6 is 0 Å². The minimum Gasteiger partial charge on any atom is -0.395 e. The first-order valence-corrected chi connectivity index (χ1v) is 6.94. The quantitative estimate of drug-likeness (QED) is 0.879. The molecule has 112 valence electrons. The average molecular weight is 292 g/mol. The smallest absolute Gasteiger partial charge is 0.274 e. The van der Waals surface area contributed by atoms with E-state index in [1.54, 1.807) is 17.2 Å². The van der Waals surface area contributed by atoms with Crippen molar-refractivity contribution in [2.45, 2.75) is 0 Å². The van der Waals surface area contributed by atoms with Crippen molar-refractivity contribution < 1.29 is 14.3 Å². The molecule has 2 aromatic heterocycles. The molecule has 0 bridgehead atoms. The number of nitrogens with zero attached hydrogens (tertiary/aromatic N) is 4. The topological polar surface area (TPSA) is 61.1 Å². The molecule has 3 rings (SSSR count). The second kappa shape index (κ2) is 5.79. The number of β-amino-alcohol motifs (C(OH)–C–C–N with tert-alkyl or cyclic N) is 1. The van der Waals surface area contributed by atoms with E-state index in [2.05, 4.69) is 9.88 Å². The molecule has 3 heterocycles. The van der Waals surface area contributed by atoms with Gasteiger partial charge in [0, 0.05) is 45.1 Å². The second-order valence-electron chi connectivity index (χ2n) is 5.10. The maximum absolute atomic E-state index is 13.1. The summed E-state index contributed by atoms with van der Waals surface area (Å²) in [6, 6.07) is 2.87. The standard InChI is InChI=1S/C14H17FN4O2/c15-11-1-2-13-16-12(10-19(13)9-11)14(21)18-5-3-17(4-6-18)7-8-20/h1-2,9-10,20H,3-8H2. The third-order valence-electron chi connectivity index (χ3n) is 3.71. The molecule has 7 heteroatoms. The number of carbonyl (C=O) groups is 1. The Morgan fingerprint density at radius 1 is 1.24 bits per heavy atom. The van der Waals surface area contributed by atoms with Gasteiger partial charge in [0.25, 0.3) is 5.91 Å². The number of hydrogen-bond donors (Lipinski definition) is 1. The van der Waals surface area contributed by atoms with Crippen LogP contribution in [0.2, 0.25) is 0 Å². The van der Waals surface area contributed by atoms with Gasteiger partial charge in [0.05, 0.1) is 6.61 Å². The minimum absolute atomic E-state index is 0.131. The number of pyridine rings is 1. The normalized spacial score (nSPS) is 16.6. The highest BCUT2D eigenvalue weighted by Crippen LogP contribution is 2.11. The number of rotatable bonds is 3. The van der Waals surface area contributed by atoms with Crippen LogP contribution in [0, 0.1) is 5.82 Å². The highest BCUT2D eigenvalue weighted by Gasteiger charge is 2.23. The lowest BCUT2D eigenvalue weighted by atomic mass is 10.3. The summed E-state index contributed by atoms with van der Waals surface area (Å²) in [7, 11) is 0. The number of aliphatic hydroxyl groups is 1. The Kier molecular flexibility index (Phi) is 3.85. The predicted molar refractivity (Wildman–Crippen MR) is 74.6 cm³/mol. The summed E-state index contributed by atoms with van der Waals surface area (Å²) in [5, 5.41) is 8.91. The Bertz CT molecular complexity index is 649. The monoisotopic (exact) mass is 292 g/mol. The molecule has 1 amide bonds. The van der Waals surface area contributed by atoms with Crippen LogP contribution in [-0.4, -0.2) is 69.5 Å². The lowest BCUT2D eigenvalue weighted by Crippen LogP contribution is -2.49. The molecule has 0 radical (unpaired) electrons. The first-order valence-electron chi connectivity index (χ1n) is 6.94. The maximum atomic E-state index is 13.1. The SMILES string of the molecule is O=C(c1cn2cc(F)ccc2n1)N1CCN(CCO)CC1. The maximum Gasteiger partial charge on any atom is 0.274 e. The Balaban J connectivity index is 1.72. The Morgan fingerprint density at radius 3 is 2.71 bits per heavy atom. The van der Waals surface area contributed by atoms with Crippen molar-refractivity contribution in [2.75, 3.05) is 39.3 Å². The van der Waals surface area contributed by atoms with Crippen LogP contribution in [0.4, 0.5) is 4.39 Å². The number of halogens is 1.